The van der Waals surface area contributed by atoms with Crippen LogP contribution >= 0.6 is 0 Å². The number of carbonyl (C=O) groups is 1. The fraction of sp³-hybridized carbons (Fsp3) is 0.458. The average Bonchev–Trinajstić information content (AvgIpc) is 2.76. The molecule has 1 aliphatic heterocycles. The Morgan fingerprint density at radius 2 is 1.79 bits per heavy atom. The van der Waals surface area contributed by atoms with Gasteiger partial charge < -0.3 is 10.2 Å². The van der Waals surface area contributed by atoms with Crippen LogP contribution in [0.15, 0.2) is 41.5 Å². The minimum Gasteiger partial charge on any atom is -0.322 e. The molecule has 1 aliphatic rings. The van der Waals surface area contributed by atoms with Crippen LogP contribution in [0.25, 0.3) is 10.4 Å². The van der Waals surface area contributed by atoms with Crippen molar-refractivity contribution in [3.05, 3.63) is 69.1 Å². The quantitative estimate of drug-likeness (QED) is 0.311. The fourth-order valence-electron chi connectivity index (χ4n) is 3.96. The Labute approximate surface area is 197 Å². The Bertz CT molecular complexity index is 1070. The van der Waals surface area contributed by atoms with Crippen LogP contribution in [-0.2, 0) is 19.1 Å². The number of amides is 1. The summed E-state index contributed by atoms with van der Waals surface area (Å²) in [6, 6.07) is 8.63. The molecule has 1 amide bonds. The van der Waals surface area contributed by atoms with Gasteiger partial charge in [0, 0.05) is 54.6 Å². The lowest BCUT2D eigenvalue weighted by atomic mass is 9.99. The van der Waals surface area contributed by atoms with Crippen LogP contribution in [0.4, 0.5) is 24.5 Å². The number of benzene rings is 2. The van der Waals surface area contributed by atoms with Crippen molar-refractivity contribution in [3.8, 4) is 0 Å². The molecule has 1 fully saturated rings. The maximum absolute atomic E-state index is 13.8. The maximum Gasteiger partial charge on any atom is 0.416 e. The summed E-state index contributed by atoms with van der Waals surface area (Å²) in [6.07, 6.45) is -3.88. The zero-order chi connectivity index (χ0) is 24.9. The summed E-state index contributed by atoms with van der Waals surface area (Å²) in [7, 11) is 1.99. The molecule has 0 spiro atoms. The van der Waals surface area contributed by atoms with E-state index in [0.717, 1.165) is 24.7 Å². The fourth-order valence-corrected chi connectivity index (χ4v) is 3.96. The number of piperazine rings is 1. The first kappa shape index (κ1) is 25.6. The normalized spacial score (nSPS) is 15.3. The SMILES string of the molecule is CC(C)Cc1ccc(C(=O)Nc2ccc(CN3CCN(C)CC3)c(C(F)(F)F)c2)cc1N=[N+]=[N-]. The molecule has 0 radical (unpaired) electrons. The first-order valence-electron chi connectivity index (χ1n) is 11.2. The van der Waals surface area contributed by atoms with Crippen LogP contribution in [0.2, 0.25) is 0 Å². The van der Waals surface area contributed by atoms with E-state index in [0.29, 0.717) is 31.1 Å². The molecule has 0 aromatic heterocycles. The van der Waals surface area contributed by atoms with Crippen molar-refractivity contribution in [1.29, 1.82) is 0 Å². The molecule has 10 heteroatoms. The van der Waals surface area contributed by atoms with Gasteiger partial charge in [0.25, 0.3) is 5.91 Å². The molecular weight excluding hydrogens is 445 g/mol. The molecule has 0 atom stereocenters. The molecule has 182 valence electrons. The molecule has 2 aromatic rings. The third-order valence-corrected chi connectivity index (χ3v) is 5.79. The van der Waals surface area contributed by atoms with Crippen LogP contribution in [-0.4, -0.2) is 48.9 Å². The number of rotatable bonds is 7. The van der Waals surface area contributed by atoms with Crippen molar-refractivity contribution in [1.82, 2.24) is 9.80 Å². The lowest BCUT2D eigenvalue weighted by Crippen LogP contribution is -2.44. The Morgan fingerprint density at radius 1 is 1.12 bits per heavy atom. The zero-order valence-corrected chi connectivity index (χ0v) is 19.6. The second-order valence-corrected chi connectivity index (χ2v) is 9.03. The van der Waals surface area contributed by atoms with Gasteiger partial charge in [-0.15, -0.1) is 0 Å². The molecule has 3 rings (SSSR count). The number of alkyl halides is 3. The highest BCUT2D eigenvalue weighted by atomic mass is 19.4. The van der Waals surface area contributed by atoms with E-state index < -0.39 is 17.6 Å². The molecule has 0 bridgehead atoms. The molecule has 1 N–H and O–H groups in total. The maximum atomic E-state index is 13.8. The third kappa shape index (κ3) is 6.72. The molecule has 7 nitrogen and oxygen atoms in total. The molecule has 34 heavy (non-hydrogen) atoms. The average molecular weight is 475 g/mol. The zero-order valence-electron chi connectivity index (χ0n) is 19.6. The molecule has 0 saturated carbocycles. The molecule has 1 saturated heterocycles. The van der Waals surface area contributed by atoms with E-state index >= 15 is 0 Å². The highest BCUT2D eigenvalue weighted by molar-refractivity contribution is 6.04. The Balaban J connectivity index is 1.81. The largest absolute Gasteiger partial charge is 0.416 e. The van der Waals surface area contributed by atoms with Crippen molar-refractivity contribution < 1.29 is 18.0 Å². The summed E-state index contributed by atoms with van der Waals surface area (Å²) in [4.78, 5) is 19.7. The van der Waals surface area contributed by atoms with Gasteiger partial charge in [-0.3, -0.25) is 9.69 Å². The third-order valence-electron chi connectivity index (χ3n) is 5.79. The van der Waals surface area contributed by atoms with Crippen molar-refractivity contribution in [2.24, 2.45) is 11.0 Å². The van der Waals surface area contributed by atoms with Crippen molar-refractivity contribution >= 4 is 17.3 Å². The highest BCUT2D eigenvalue weighted by Gasteiger charge is 2.34. The van der Waals surface area contributed by atoms with Crippen LogP contribution in [0, 0.1) is 5.92 Å². The number of hydrogen-bond acceptors (Lipinski definition) is 4. The molecule has 1 heterocycles. The Hall–Kier alpha value is -3.07. The standard InChI is InChI=1S/C24H29F3N6O/c1-16(2)12-17-4-5-18(13-22(17)30-31-28)23(34)29-20-7-6-19(21(14-20)24(25,26)27)15-33-10-8-32(3)9-11-33/h4-7,13-14,16H,8-12,15H2,1-3H3,(H,29,34). The summed E-state index contributed by atoms with van der Waals surface area (Å²) in [6.45, 7) is 7.26. The van der Waals surface area contributed by atoms with Crippen molar-refractivity contribution in [3.63, 3.8) is 0 Å². The summed E-state index contributed by atoms with van der Waals surface area (Å²) in [5, 5.41) is 6.22. The van der Waals surface area contributed by atoms with E-state index in [1.165, 1.54) is 18.2 Å². The number of nitrogens with one attached hydrogen (secondary N) is 1. The Kier molecular flexibility index (Phi) is 8.19. The van der Waals surface area contributed by atoms with E-state index in [9.17, 15) is 18.0 Å². The molecule has 0 aliphatic carbocycles. The second-order valence-electron chi connectivity index (χ2n) is 9.03. The van der Waals surface area contributed by atoms with E-state index in [-0.39, 0.29) is 23.4 Å². The number of hydrogen-bond donors (Lipinski definition) is 1. The monoisotopic (exact) mass is 474 g/mol. The predicted octanol–water partition coefficient (Wildman–Crippen LogP) is 5.85. The summed E-state index contributed by atoms with van der Waals surface area (Å²) < 4.78 is 41.4. The smallest absolute Gasteiger partial charge is 0.322 e. The Morgan fingerprint density at radius 3 is 2.41 bits per heavy atom. The number of azide groups is 1. The number of nitrogens with zero attached hydrogens (tertiary/aromatic N) is 5. The predicted molar refractivity (Wildman–Crippen MR) is 126 cm³/mol. The lowest BCUT2D eigenvalue weighted by molar-refractivity contribution is -0.138. The van der Waals surface area contributed by atoms with E-state index in [1.807, 2.05) is 25.8 Å². The van der Waals surface area contributed by atoms with E-state index in [4.69, 9.17) is 5.53 Å². The van der Waals surface area contributed by atoms with Gasteiger partial charge in [-0.25, -0.2) is 0 Å². The number of halogens is 3. The number of carbonyl (C=O) groups excluding carboxylic acids is 1. The summed E-state index contributed by atoms with van der Waals surface area (Å²) >= 11 is 0. The van der Waals surface area contributed by atoms with Gasteiger partial charge in [0.2, 0.25) is 0 Å². The highest BCUT2D eigenvalue weighted by Crippen LogP contribution is 2.35. The van der Waals surface area contributed by atoms with Gasteiger partial charge >= 0.3 is 6.18 Å². The van der Waals surface area contributed by atoms with E-state index in [2.05, 4.69) is 20.2 Å². The van der Waals surface area contributed by atoms with Gasteiger partial charge in [-0.05, 0) is 60.3 Å². The van der Waals surface area contributed by atoms with Crippen LogP contribution in [0.3, 0.4) is 0 Å². The van der Waals surface area contributed by atoms with Crippen LogP contribution in [0.5, 0.6) is 0 Å². The van der Waals surface area contributed by atoms with Gasteiger partial charge in [-0.2, -0.15) is 13.2 Å². The summed E-state index contributed by atoms with van der Waals surface area (Å²) in [5.74, 6) is -0.261. The lowest BCUT2D eigenvalue weighted by Gasteiger charge is -2.33. The minimum absolute atomic E-state index is 0.0519. The van der Waals surface area contributed by atoms with Crippen molar-refractivity contribution in [2.45, 2.75) is 33.0 Å². The molecule has 0 unspecified atom stereocenters. The number of anilines is 1. The van der Waals surface area contributed by atoms with Gasteiger partial charge in [0.05, 0.1) is 5.56 Å². The van der Waals surface area contributed by atoms with Crippen LogP contribution < -0.4 is 5.32 Å². The topological polar surface area (TPSA) is 84.3 Å². The number of likely N-dealkylation sites (N-methyl/N-ethyl adjacent to an activating group) is 1. The first-order chi connectivity index (χ1) is 16.1. The summed E-state index contributed by atoms with van der Waals surface area (Å²) in [5.41, 5.74) is 9.66. The first-order valence-corrected chi connectivity index (χ1v) is 11.2. The molecule has 2 aromatic carbocycles. The van der Waals surface area contributed by atoms with Crippen LogP contribution in [0.1, 0.15) is 40.9 Å². The van der Waals surface area contributed by atoms with Gasteiger partial charge in [0.1, 0.15) is 0 Å². The van der Waals surface area contributed by atoms with Gasteiger partial charge in [-0.1, -0.05) is 31.1 Å². The minimum atomic E-state index is -4.55. The van der Waals surface area contributed by atoms with Crippen molar-refractivity contribution in [2.75, 3.05) is 38.5 Å². The van der Waals surface area contributed by atoms with Gasteiger partial charge in [0.15, 0.2) is 0 Å². The molecular formula is C24H29F3N6O. The van der Waals surface area contributed by atoms with E-state index in [1.54, 1.807) is 12.1 Å². The second kappa shape index (κ2) is 10.9.